The van der Waals surface area contributed by atoms with Gasteiger partial charge in [-0.15, -0.1) is 5.10 Å². The average Bonchev–Trinajstić information content (AvgIpc) is 2.90. The number of benzene rings is 1. The summed E-state index contributed by atoms with van der Waals surface area (Å²) in [6.07, 6.45) is 1.48. The largest absolute Gasteiger partial charge is 0.479 e. The van der Waals surface area contributed by atoms with Gasteiger partial charge in [0.2, 0.25) is 11.8 Å². The normalized spacial score (nSPS) is 10.3. The molecule has 2 N–H and O–H groups in total. The molecule has 0 aliphatic rings. The number of nitrogens with zero attached hydrogens (tertiary/aromatic N) is 2. The van der Waals surface area contributed by atoms with Crippen LogP contribution in [0.25, 0.3) is 0 Å². The number of hydrogen-bond acceptors (Lipinski definition) is 4. The van der Waals surface area contributed by atoms with Gasteiger partial charge in [0.15, 0.2) is 0 Å². The van der Waals surface area contributed by atoms with Crippen LogP contribution in [0.3, 0.4) is 0 Å². The van der Waals surface area contributed by atoms with Crippen LogP contribution in [-0.2, 0) is 11.8 Å². The Hall–Kier alpha value is -2.61. The average molecular weight is 341 g/mol. The van der Waals surface area contributed by atoms with Crippen LogP contribution >= 0.6 is 11.6 Å². The van der Waals surface area contributed by atoms with Gasteiger partial charge in [-0.2, -0.15) is 0 Å². The van der Waals surface area contributed by atoms with E-state index in [1.165, 1.54) is 30.1 Å². The lowest BCUT2D eigenvalue weighted by molar-refractivity contribution is -0.115. The third kappa shape index (κ3) is 4.19. The lowest BCUT2D eigenvalue weighted by Gasteiger charge is -2.07. The van der Waals surface area contributed by atoms with E-state index in [-0.39, 0.29) is 23.0 Å². The Labute approximate surface area is 136 Å². The molecular formula is C14H14ClFN4O3. The second-order valence-corrected chi connectivity index (χ2v) is 4.99. The van der Waals surface area contributed by atoms with E-state index in [2.05, 4.69) is 15.7 Å². The second kappa shape index (κ2) is 7.10. The number of carbonyl (C=O) groups excluding carboxylic acids is 2. The van der Waals surface area contributed by atoms with Crippen LogP contribution in [0.4, 0.5) is 10.1 Å². The number of aryl methyl sites for hydroxylation is 1. The highest BCUT2D eigenvalue weighted by Crippen LogP contribution is 2.19. The van der Waals surface area contributed by atoms with Gasteiger partial charge >= 0.3 is 0 Å². The maximum absolute atomic E-state index is 13.0. The fourth-order valence-electron chi connectivity index (χ4n) is 1.81. The van der Waals surface area contributed by atoms with Crippen molar-refractivity contribution in [2.24, 2.45) is 7.05 Å². The second-order valence-electron chi connectivity index (χ2n) is 4.59. The molecule has 0 saturated heterocycles. The number of methoxy groups -OCH3 is 1. The molecule has 0 unspecified atom stereocenters. The fraction of sp³-hybridized carbons (Fsp3) is 0.214. The van der Waals surface area contributed by atoms with E-state index in [0.29, 0.717) is 5.69 Å². The van der Waals surface area contributed by atoms with E-state index in [9.17, 15) is 14.0 Å². The van der Waals surface area contributed by atoms with Crippen LogP contribution in [0.15, 0.2) is 24.4 Å². The maximum Gasteiger partial charge on any atom is 0.258 e. The molecule has 23 heavy (non-hydrogen) atoms. The number of carbonyl (C=O) groups is 2. The van der Waals surface area contributed by atoms with Gasteiger partial charge < -0.3 is 15.4 Å². The topological polar surface area (TPSA) is 85.2 Å². The Morgan fingerprint density at radius 2 is 2.17 bits per heavy atom. The monoisotopic (exact) mass is 340 g/mol. The van der Waals surface area contributed by atoms with Gasteiger partial charge in [-0.1, -0.05) is 11.6 Å². The molecule has 1 aromatic heterocycles. The minimum Gasteiger partial charge on any atom is -0.479 e. The number of hydrogen-bond donors (Lipinski definition) is 2. The molecule has 2 aromatic rings. The summed E-state index contributed by atoms with van der Waals surface area (Å²) in [5.41, 5.74) is 0.544. The lowest BCUT2D eigenvalue weighted by atomic mass is 10.3. The highest BCUT2D eigenvalue weighted by Gasteiger charge is 2.17. The number of ether oxygens (including phenoxy) is 1. The number of aromatic nitrogens is 2. The van der Waals surface area contributed by atoms with Crippen molar-refractivity contribution in [3.63, 3.8) is 0 Å². The summed E-state index contributed by atoms with van der Waals surface area (Å²) in [7, 11) is 3.04. The fourth-order valence-corrected chi connectivity index (χ4v) is 1.99. The van der Waals surface area contributed by atoms with E-state index in [4.69, 9.17) is 16.3 Å². The van der Waals surface area contributed by atoms with E-state index in [1.54, 1.807) is 7.05 Å². The molecule has 0 spiro atoms. The number of halogens is 2. The van der Waals surface area contributed by atoms with E-state index >= 15 is 0 Å². The number of rotatable bonds is 5. The first kappa shape index (κ1) is 16.8. The van der Waals surface area contributed by atoms with Crippen molar-refractivity contribution in [2.75, 3.05) is 19.0 Å². The zero-order chi connectivity index (χ0) is 17.0. The molecule has 0 atom stereocenters. The minimum absolute atomic E-state index is 0.105. The molecule has 1 heterocycles. The zero-order valence-corrected chi connectivity index (χ0v) is 13.1. The quantitative estimate of drug-likeness (QED) is 0.865. The molecule has 0 fully saturated rings. The van der Waals surface area contributed by atoms with Crippen LogP contribution in [0.5, 0.6) is 5.88 Å². The molecule has 0 saturated carbocycles. The standard InChI is InChI=1S/C14H14ClFN4O3/c1-20-7-9(14(19-20)23-2)13(22)17-6-12(21)18-8-3-4-11(16)10(15)5-8/h3-5,7H,6H2,1-2H3,(H,17,22)(H,18,21). The highest BCUT2D eigenvalue weighted by atomic mass is 35.5. The molecule has 0 aliphatic carbocycles. The summed E-state index contributed by atoms with van der Waals surface area (Å²) < 4.78 is 19.4. The molecular weight excluding hydrogens is 327 g/mol. The Kier molecular flexibility index (Phi) is 5.17. The number of amides is 2. The summed E-state index contributed by atoms with van der Waals surface area (Å²) in [6, 6.07) is 3.78. The van der Waals surface area contributed by atoms with Gasteiger partial charge in [0, 0.05) is 18.9 Å². The van der Waals surface area contributed by atoms with Gasteiger partial charge in [0.1, 0.15) is 11.4 Å². The molecule has 7 nitrogen and oxygen atoms in total. The van der Waals surface area contributed by atoms with E-state index in [1.807, 2.05) is 0 Å². The molecule has 1 aromatic carbocycles. The van der Waals surface area contributed by atoms with Crippen LogP contribution in [0.1, 0.15) is 10.4 Å². The molecule has 9 heteroatoms. The van der Waals surface area contributed by atoms with Crippen molar-refractivity contribution in [1.82, 2.24) is 15.1 Å². The maximum atomic E-state index is 13.0. The smallest absolute Gasteiger partial charge is 0.258 e. The summed E-state index contributed by atoms with van der Waals surface area (Å²) in [6.45, 7) is -0.272. The first-order chi connectivity index (χ1) is 10.9. The van der Waals surface area contributed by atoms with Crippen molar-refractivity contribution >= 4 is 29.1 Å². The highest BCUT2D eigenvalue weighted by molar-refractivity contribution is 6.31. The molecule has 0 aliphatic heterocycles. The SMILES string of the molecule is COc1nn(C)cc1C(=O)NCC(=O)Nc1ccc(F)c(Cl)c1. The summed E-state index contributed by atoms with van der Waals surface area (Å²) in [4.78, 5) is 23.8. The Balaban J connectivity index is 1.93. The minimum atomic E-state index is -0.582. The first-order valence-electron chi connectivity index (χ1n) is 6.51. The van der Waals surface area contributed by atoms with Crippen molar-refractivity contribution in [3.8, 4) is 5.88 Å². The summed E-state index contributed by atoms with van der Waals surface area (Å²) >= 11 is 5.62. The summed E-state index contributed by atoms with van der Waals surface area (Å²) in [5, 5.41) is 8.78. The van der Waals surface area contributed by atoms with Crippen molar-refractivity contribution in [1.29, 1.82) is 0 Å². The van der Waals surface area contributed by atoms with Crippen molar-refractivity contribution < 1.29 is 18.7 Å². The zero-order valence-electron chi connectivity index (χ0n) is 12.4. The van der Waals surface area contributed by atoms with Gasteiger partial charge in [-0.3, -0.25) is 14.3 Å². The van der Waals surface area contributed by atoms with Gasteiger partial charge in [0.05, 0.1) is 18.7 Å². The van der Waals surface area contributed by atoms with E-state index < -0.39 is 17.6 Å². The van der Waals surface area contributed by atoms with Crippen LogP contribution in [0.2, 0.25) is 5.02 Å². The third-order valence-corrected chi connectivity index (χ3v) is 3.14. The molecule has 0 radical (unpaired) electrons. The first-order valence-corrected chi connectivity index (χ1v) is 6.89. The van der Waals surface area contributed by atoms with Gasteiger partial charge in [0.25, 0.3) is 5.91 Å². The lowest BCUT2D eigenvalue weighted by Crippen LogP contribution is -2.32. The predicted octanol–water partition coefficient (Wildman–Crippen LogP) is 1.59. The van der Waals surface area contributed by atoms with Gasteiger partial charge in [-0.25, -0.2) is 4.39 Å². The van der Waals surface area contributed by atoms with Crippen LogP contribution in [0, 0.1) is 5.82 Å². The van der Waals surface area contributed by atoms with Crippen molar-refractivity contribution in [2.45, 2.75) is 0 Å². The number of anilines is 1. The van der Waals surface area contributed by atoms with E-state index in [0.717, 1.165) is 6.07 Å². The molecule has 2 amide bonds. The molecule has 2 rings (SSSR count). The van der Waals surface area contributed by atoms with Crippen molar-refractivity contribution in [3.05, 3.63) is 40.8 Å². The predicted molar refractivity (Wildman–Crippen MR) is 82.1 cm³/mol. The Bertz CT molecular complexity index is 748. The van der Waals surface area contributed by atoms with Gasteiger partial charge in [-0.05, 0) is 18.2 Å². The summed E-state index contributed by atoms with van der Waals surface area (Å²) in [5.74, 6) is -1.40. The third-order valence-electron chi connectivity index (χ3n) is 2.85. The Morgan fingerprint density at radius 3 is 2.83 bits per heavy atom. The Morgan fingerprint density at radius 1 is 1.43 bits per heavy atom. The van der Waals surface area contributed by atoms with Crippen LogP contribution < -0.4 is 15.4 Å². The molecule has 122 valence electrons. The molecule has 0 bridgehead atoms. The number of nitrogens with one attached hydrogen (secondary N) is 2. The van der Waals surface area contributed by atoms with Crippen LogP contribution in [-0.4, -0.2) is 35.2 Å².